The third kappa shape index (κ3) is 3.37. The molecule has 2 rings (SSSR count). The summed E-state index contributed by atoms with van der Waals surface area (Å²) in [6.45, 7) is 2.18. The van der Waals surface area contributed by atoms with Gasteiger partial charge in [-0.15, -0.1) is 11.3 Å². The monoisotopic (exact) mass is 334 g/mol. The molecule has 1 heterocycles. The normalized spacial score (nSPS) is 11.9. The van der Waals surface area contributed by atoms with E-state index in [-0.39, 0.29) is 0 Å². The van der Waals surface area contributed by atoms with E-state index in [0.29, 0.717) is 11.6 Å². The van der Waals surface area contributed by atoms with Gasteiger partial charge in [-0.05, 0) is 36.6 Å². The molecule has 0 bridgehead atoms. The molecule has 0 N–H and O–H groups in total. The van der Waals surface area contributed by atoms with Crippen LogP contribution in [0.1, 0.15) is 17.4 Å². The lowest BCUT2D eigenvalue weighted by molar-refractivity contribution is 0.688. The molecule has 1 aromatic heterocycles. The van der Waals surface area contributed by atoms with Gasteiger partial charge in [-0.25, -0.2) is 0 Å². The highest BCUT2D eigenvalue weighted by atomic mass is 79.9. The Morgan fingerprint density at radius 3 is 2.84 bits per heavy atom. The Bertz CT molecular complexity index is 587. The number of hydrogen-bond acceptors (Lipinski definition) is 3. The second kappa shape index (κ2) is 6.23. The minimum absolute atomic E-state index is 0.354. The number of hydrogen-bond donors (Lipinski definition) is 0. The molecular formula is C15H15BrN2S. The summed E-state index contributed by atoms with van der Waals surface area (Å²) in [4.78, 5) is 3.54. The fraction of sp³-hybridized carbons (Fsp3) is 0.267. The molecule has 1 atom stereocenters. The van der Waals surface area contributed by atoms with E-state index >= 15 is 0 Å². The lowest BCUT2D eigenvalue weighted by Crippen LogP contribution is -2.31. The van der Waals surface area contributed by atoms with Crippen LogP contribution in [0.2, 0.25) is 0 Å². The summed E-state index contributed by atoms with van der Waals surface area (Å²) in [6.07, 6.45) is 0.995. The van der Waals surface area contributed by atoms with Gasteiger partial charge in [-0.1, -0.05) is 22.0 Å². The van der Waals surface area contributed by atoms with Crippen molar-refractivity contribution in [2.75, 3.05) is 11.9 Å². The van der Waals surface area contributed by atoms with Crippen LogP contribution in [0.5, 0.6) is 0 Å². The number of benzene rings is 1. The van der Waals surface area contributed by atoms with E-state index in [9.17, 15) is 5.26 Å². The maximum Gasteiger partial charge on any atom is 0.101 e. The summed E-state index contributed by atoms with van der Waals surface area (Å²) in [5.41, 5.74) is 1.68. The molecule has 4 heteroatoms. The highest BCUT2D eigenvalue weighted by molar-refractivity contribution is 9.10. The summed E-state index contributed by atoms with van der Waals surface area (Å²) in [5, 5.41) is 11.3. The smallest absolute Gasteiger partial charge is 0.101 e. The Labute approximate surface area is 126 Å². The third-order valence-corrected chi connectivity index (χ3v) is 4.59. The first kappa shape index (κ1) is 14.1. The molecule has 2 aromatic rings. The fourth-order valence-electron chi connectivity index (χ4n) is 2.00. The van der Waals surface area contributed by atoms with E-state index in [1.807, 2.05) is 25.2 Å². The molecule has 0 saturated carbocycles. The van der Waals surface area contributed by atoms with Gasteiger partial charge in [0, 0.05) is 28.9 Å². The molecule has 2 nitrogen and oxygen atoms in total. The van der Waals surface area contributed by atoms with Crippen LogP contribution in [0.25, 0.3) is 0 Å². The molecule has 0 aliphatic rings. The van der Waals surface area contributed by atoms with E-state index in [1.54, 1.807) is 11.3 Å². The first-order valence-electron chi connectivity index (χ1n) is 6.06. The van der Waals surface area contributed by atoms with Crippen molar-refractivity contribution >= 4 is 33.0 Å². The second-order valence-corrected chi connectivity index (χ2v) is 6.46. The molecule has 0 aliphatic carbocycles. The molecule has 0 radical (unpaired) electrons. The van der Waals surface area contributed by atoms with Crippen LogP contribution in [0, 0.1) is 11.3 Å². The van der Waals surface area contributed by atoms with Gasteiger partial charge >= 0.3 is 0 Å². The molecule has 0 fully saturated rings. The van der Waals surface area contributed by atoms with Crippen LogP contribution in [-0.2, 0) is 6.42 Å². The molecule has 98 valence electrons. The molecule has 0 aliphatic heterocycles. The minimum atomic E-state index is 0.354. The number of nitrogens with zero attached hydrogens (tertiary/aromatic N) is 2. The maximum absolute atomic E-state index is 9.23. The summed E-state index contributed by atoms with van der Waals surface area (Å²) < 4.78 is 0.937. The zero-order valence-corrected chi connectivity index (χ0v) is 13.3. The van der Waals surface area contributed by atoms with Gasteiger partial charge in [-0.2, -0.15) is 5.26 Å². The molecule has 19 heavy (non-hydrogen) atoms. The molecule has 1 aromatic carbocycles. The summed E-state index contributed by atoms with van der Waals surface area (Å²) >= 11 is 5.18. The van der Waals surface area contributed by atoms with Crippen LogP contribution in [0.3, 0.4) is 0 Å². The molecule has 0 saturated heterocycles. The van der Waals surface area contributed by atoms with Crippen molar-refractivity contribution in [3.63, 3.8) is 0 Å². The van der Waals surface area contributed by atoms with Gasteiger partial charge in [0.05, 0.1) is 11.3 Å². The minimum Gasteiger partial charge on any atom is -0.370 e. The van der Waals surface area contributed by atoms with Crippen molar-refractivity contribution in [3.05, 3.63) is 50.6 Å². The molecular weight excluding hydrogens is 320 g/mol. The topological polar surface area (TPSA) is 27.0 Å². The predicted molar refractivity (Wildman–Crippen MR) is 84.7 cm³/mol. The third-order valence-electron chi connectivity index (χ3n) is 3.20. The SMILES string of the molecule is CC(Cc1cccs1)N(C)c1ccc(Br)cc1C#N. The van der Waals surface area contributed by atoms with Crippen LogP contribution < -0.4 is 4.90 Å². The number of rotatable bonds is 4. The Hall–Kier alpha value is -1.31. The van der Waals surface area contributed by atoms with Crippen molar-refractivity contribution in [2.24, 2.45) is 0 Å². The highest BCUT2D eigenvalue weighted by Gasteiger charge is 2.14. The maximum atomic E-state index is 9.23. The lowest BCUT2D eigenvalue weighted by Gasteiger charge is -2.27. The summed E-state index contributed by atoms with van der Waals surface area (Å²) in [7, 11) is 2.04. The van der Waals surface area contributed by atoms with Gasteiger partial charge in [-0.3, -0.25) is 0 Å². The number of nitriles is 1. The van der Waals surface area contributed by atoms with Crippen molar-refractivity contribution in [2.45, 2.75) is 19.4 Å². The van der Waals surface area contributed by atoms with Gasteiger partial charge in [0.1, 0.15) is 6.07 Å². The summed E-state index contributed by atoms with van der Waals surface area (Å²) in [5.74, 6) is 0. The Balaban J connectivity index is 2.19. The number of anilines is 1. The van der Waals surface area contributed by atoms with E-state index < -0.39 is 0 Å². The van der Waals surface area contributed by atoms with Crippen LogP contribution in [0.4, 0.5) is 5.69 Å². The second-order valence-electron chi connectivity index (χ2n) is 4.52. The van der Waals surface area contributed by atoms with Crippen molar-refractivity contribution in [1.29, 1.82) is 5.26 Å². The Morgan fingerprint density at radius 1 is 1.42 bits per heavy atom. The predicted octanol–water partition coefficient (Wildman–Crippen LogP) is 4.45. The summed E-state index contributed by atoms with van der Waals surface area (Å²) in [6, 6.07) is 12.7. The molecule has 0 amide bonds. The zero-order valence-electron chi connectivity index (χ0n) is 10.9. The van der Waals surface area contributed by atoms with Crippen molar-refractivity contribution in [3.8, 4) is 6.07 Å². The highest BCUT2D eigenvalue weighted by Crippen LogP contribution is 2.26. The quantitative estimate of drug-likeness (QED) is 0.825. The van der Waals surface area contributed by atoms with Gasteiger partial charge in [0.2, 0.25) is 0 Å². The standard InChI is InChI=1S/C15H15BrN2S/c1-11(8-14-4-3-7-19-14)18(2)15-6-5-13(16)9-12(15)10-17/h3-7,9,11H,8H2,1-2H3. The fourth-order valence-corrected chi connectivity index (χ4v) is 3.19. The Kier molecular flexibility index (Phi) is 4.62. The van der Waals surface area contributed by atoms with Crippen molar-refractivity contribution in [1.82, 2.24) is 0 Å². The largest absolute Gasteiger partial charge is 0.370 e. The van der Waals surface area contributed by atoms with E-state index in [0.717, 1.165) is 16.6 Å². The average Bonchev–Trinajstić information content (AvgIpc) is 2.90. The van der Waals surface area contributed by atoms with Crippen molar-refractivity contribution < 1.29 is 0 Å². The first-order chi connectivity index (χ1) is 9.11. The average molecular weight is 335 g/mol. The van der Waals surface area contributed by atoms with E-state index in [4.69, 9.17) is 0 Å². The molecule has 0 spiro atoms. The lowest BCUT2D eigenvalue weighted by atomic mass is 10.1. The van der Waals surface area contributed by atoms with Crippen LogP contribution in [-0.4, -0.2) is 13.1 Å². The van der Waals surface area contributed by atoms with Crippen LogP contribution in [0.15, 0.2) is 40.2 Å². The number of likely N-dealkylation sites (N-methyl/N-ethyl adjacent to an activating group) is 1. The molecule has 1 unspecified atom stereocenters. The number of halogens is 1. The van der Waals surface area contributed by atoms with Gasteiger partial charge in [0.15, 0.2) is 0 Å². The van der Waals surface area contributed by atoms with E-state index in [1.165, 1.54) is 4.88 Å². The Morgan fingerprint density at radius 2 is 2.21 bits per heavy atom. The van der Waals surface area contributed by atoms with Gasteiger partial charge in [0.25, 0.3) is 0 Å². The zero-order chi connectivity index (χ0) is 13.8. The van der Waals surface area contributed by atoms with Crippen LogP contribution >= 0.6 is 27.3 Å². The van der Waals surface area contributed by atoms with E-state index in [2.05, 4.69) is 51.3 Å². The number of thiophene rings is 1. The first-order valence-corrected chi connectivity index (χ1v) is 7.74. The van der Waals surface area contributed by atoms with Gasteiger partial charge < -0.3 is 4.90 Å².